The van der Waals surface area contributed by atoms with Crippen molar-refractivity contribution in [2.24, 2.45) is 0 Å². The van der Waals surface area contributed by atoms with E-state index in [9.17, 15) is 0 Å². The lowest BCUT2D eigenvalue weighted by Gasteiger charge is -2.40. The zero-order valence-corrected chi connectivity index (χ0v) is 30.8. The molecule has 49 heavy (non-hydrogen) atoms. The zero-order valence-electron chi connectivity index (χ0n) is 30.8. The highest BCUT2D eigenvalue weighted by Gasteiger charge is 2.26. The monoisotopic (exact) mass is 650 g/mol. The van der Waals surface area contributed by atoms with Crippen molar-refractivity contribution in [1.82, 2.24) is 14.9 Å². The Hall–Kier alpha value is -4.28. The van der Waals surface area contributed by atoms with Gasteiger partial charge in [0.2, 0.25) is 0 Å². The first-order valence-electron chi connectivity index (χ1n) is 18.3. The fraction of sp³-hybridized carbons (Fsp3) is 0.378. The number of unbranched alkanes of at least 4 members (excludes halogenated alkanes) is 1. The van der Waals surface area contributed by atoms with Gasteiger partial charge in [0.05, 0.1) is 11.4 Å². The summed E-state index contributed by atoms with van der Waals surface area (Å²) in [6.07, 6.45) is 9.97. The number of aromatic nitrogens is 2. The first-order chi connectivity index (χ1) is 23.7. The maximum absolute atomic E-state index is 4.96. The van der Waals surface area contributed by atoms with Crippen LogP contribution in [0.25, 0.3) is 22.5 Å². The standard InChI is InChI=1S/C45H54N4/c1-8-9-10-37-11-14-42(15-12-37)49(30-39-13-16-44(47-28-39)40-23-31(2)35(6)32(3)24-40)43-18-21-48(22-19-43)29-38-17-20-46-45(27-38)41-25-33(4)36(7)34(5)26-41/h11-17,20,23-28,43H,8-10,18-19,21-22,29-30H2,1-7H3. The van der Waals surface area contributed by atoms with Crippen LogP contribution < -0.4 is 4.90 Å². The quantitative estimate of drug-likeness (QED) is 0.142. The SMILES string of the molecule is CCCCc1ccc(N(Cc2ccc(-c3cc(C)c(C)c(C)c3)nc2)C2CCN(Cc3ccnc(-c4cc(C)c(C)c(C)c4)c3)CC2)cc1. The van der Waals surface area contributed by atoms with Crippen LogP contribution in [0.1, 0.15) is 82.7 Å². The first-order valence-corrected chi connectivity index (χ1v) is 18.3. The molecule has 0 amide bonds. The van der Waals surface area contributed by atoms with E-state index >= 15 is 0 Å². The predicted octanol–water partition coefficient (Wildman–Crippen LogP) is 10.7. The molecule has 1 aliphatic rings. The highest BCUT2D eigenvalue weighted by molar-refractivity contribution is 5.64. The fourth-order valence-corrected chi connectivity index (χ4v) is 7.30. The number of benzene rings is 3. The highest BCUT2D eigenvalue weighted by atomic mass is 15.2. The Balaban J connectivity index is 1.16. The molecule has 0 atom stereocenters. The number of hydrogen-bond acceptors (Lipinski definition) is 4. The molecule has 6 rings (SSSR count). The minimum Gasteiger partial charge on any atom is -0.364 e. The normalized spacial score (nSPS) is 13.9. The smallest absolute Gasteiger partial charge is 0.0705 e. The van der Waals surface area contributed by atoms with E-state index in [1.807, 2.05) is 6.20 Å². The minimum absolute atomic E-state index is 0.478. The van der Waals surface area contributed by atoms with Gasteiger partial charge in [-0.05, 0) is 172 Å². The summed E-state index contributed by atoms with van der Waals surface area (Å²) in [5.74, 6) is 0. The van der Waals surface area contributed by atoms with Crippen molar-refractivity contribution in [1.29, 1.82) is 0 Å². The van der Waals surface area contributed by atoms with E-state index in [1.165, 1.54) is 79.7 Å². The van der Waals surface area contributed by atoms with E-state index < -0.39 is 0 Å². The van der Waals surface area contributed by atoms with Crippen LogP contribution in [0.4, 0.5) is 5.69 Å². The molecule has 0 aliphatic carbocycles. The van der Waals surface area contributed by atoms with Gasteiger partial charge in [0.25, 0.3) is 0 Å². The number of anilines is 1. The predicted molar refractivity (Wildman–Crippen MR) is 207 cm³/mol. The second-order valence-electron chi connectivity index (χ2n) is 14.5. The van der Waals surface area contributed by atoms with E-state index in [1.54, 1.807) is 0 Å². The Morgan fingerprint density at radius 1 is 0.653 bits per heavy atom. The van der Waals surface area contributed by atoms with Gasteiger partial charge in [-0.2, -0.15) is 0 Å². The molecule has 5 aromatic rings. The molecule has 4 heteroatoms. The van der Waals surface area contributed by atoms with Gasteiger partial charge in [0.1, 0.15) is 0 Å². The van der Waals surface area contributed by atoms with Crippen molar-refractivity contribution in [3.05, 3.63) is 135 Å². The molecule has 0 unspecified atom stereocenters. The molecule has 3 heterocycles. The second-order valence-corrected chi connectivity index (χ2v) is 14.5. The lowest BCUT2D eigenvalue weighted by molar-refractivity contribution is 0.201. The Labute approximate surface area is 295 Å². The molecule has 1 saturated heterocycles. The van der Waals surface area contributed by atoms with E-state index in [0.29, 0.717) is 6.04 Å². The summed E-state index contributed by atoms with van der Waals surface area (Å²) in [6.45, 7) is 19.4. The molecule has 0 spiro atoms. The molecule has 1 fully saturated rings. The van der Waals surface area contributed by atoms with Gasteiger partial charge in [0, 0.05) is 61.4 Å². The van der Waals surface area contributed by atoms with Crippen molar-refractivity contribution < 1.29 is 0 Å². The number of pyridine rings is 2. The van der Waals surface area contributed by atoms with Gasteiger partial charge in [-0.1, -0.05) is 31.5 Å². The van der Waals surface area contributed by atoms with Crippen LogP contribution in [0.15, 0.2) is 85.2 Å². The van der Waals surface area contributed by atoms with Crippen LogP contribution in [0.3, 0.4) is 0 Å². The topological polar surface area (TPSA) is 32.3 Å². The maximum Gasteiger partial charge on any atom is 0.0705 e. The van der Waals surface area contributed by atoms with E-state index in [2.05, 4.69) is 137 Å². The molecular formula is C45H54N4. The summed E-state index contributed by atoms with van der Waals surface area (Å²) in [4.78, 5) is 15.0. The second kappa shape index (κ2) is 15.5. The number of piperidine rings is 1. The van der Waals surface area contributed by atoms with Crippen LogP contribution >= 0.6 is 0 Å². The largest absolute Gasteiger partial charge is 0.364 e. The number of aryl methyl sites for hydroxylation is 5. The third kappa shape index (κ3) is 8.31. The molecule has 2 aromatic heterocycles. The fourth-order valence-electron chi connectivity index (χ4n) is 7.30. The van der Waals surface area contributed by atoms with Crippen LogP contribution in [-0.2, 0) is 19.5 Å². The lowest BCUT2D eigenvalue weighted by Crippen LogP contribution is -2.44. The number of nitrogens with zero attached hydrogens (tertiary/aromatic N) is 4. The van der Waals surface area contributed by atoms with Crippen molar-refractivity contribution >= 4 is 5.69 Å². The van der Waals surface area contributed by atoms with Gasteiger partial charge >= 0.3 is 0 Å². The van der Waals surface area contributed by atoms with Crippen LogP contribution in [0, 0.1) is 41.5 Å². The van der Waals surface area contributed by atoms with Gasteiger partial charge in [-0.15, -0.1) is 0 Å². The minimum atomic E-state index is 0.478. The van der Waals surface area contributed by atoms with Gasteiger partial charge in [-0.3, -0.25) is 14.9 Å². The molecule has 0 radical (unpaired) electrons. The van der Waals surface area contributed by atoms with Gasteiger partial charge in [0.15, 0.2) is 0 Å². The van der Waals surface area contributed by atoms with E-state index in [4.69, 9.17) is 9.97 Å². The molecule has 0 saturated carbocycles. The molecule has 254 valence electrons. The third-order valence-corrected chi connectivity index (χ3v) is 10.9. The third-order valence-electron chi connectivity index (χ3n) is 10.9. The summed E-state index contributed by atoms with van der Waals surface area (Å²) in [7, 11) is 0. The van der Waals surface area contributed by atoms with Crippen molar-refractivity contribution in [3.63, 3.8) is 0 Å². The van der Waals surface area contributed by atoms with Crippen LogP contribution in [0.2, 0.25) is 0 Å². The van der Waals surface area contributed by atoms with Gasteiger partial charge < -0.3 is 4.90 Å². The molecule has 0 bridgehead atoms. The Morgan fingerprint density at radius 3 is 1.82 bits per heavy atom. The summed E-state index contributed by atoms with van der Waals surface area (Å²) in [5, 5.41) is 0. The first kappa shape index (κ1) is 34.6. The van der Waals surface area contributed by atoms with Crippen LogP contribution in [0.5, 0.6) is 0 Å². The average molecular weight is 651 g/mol. The highest BCUT2D eigenvalue weighted by Crippen LogP contribution is 2.30. The Morgan fingerprint density at radius 2 is 1.24 bits per heavy atom. The summed E-state index contributed by atoms with van der Waals surface area (Å²) in [6, 6.07) is 27.9. The lowest BCUT2D eigenvalue weighted by atomic mass is 9.97. The summed E-state index contributed by atoms with van der Waals surface area (Å²) >= 11 is 0. The number of hydrogen-bond donors (Lipinski definition) is 0. The van der Waals surface area contributed by atoms with E-state index in [-0.39, 0.29) is 0 Å². The number of likely N-dealkylation sites (tertiary alicyclic amines) is 1. The summed E-state index contributed by atoms with van der Waals surface area (Å²) < 4.78 is 0. The van der Waals surface area contributed by atoms with E-state index in [0.717, 1.165) is 56.8 Å². The molecule has 4 nitrogen and oxygen atoms in total. The molecule has 0 N–H and O–H groups in total. The number of rotatable bonds is 11. The maximum atomic E-state index is 4.96. The van der Waals surface area contributed by atoms with Gasteiger partial charge in [-0.25, -0.2) is 0 Å². The molecule has 1 aliphatic heterocycles. The Kier molecular flexibility index (Phi) is 10.9. The van der Waals surface area contributed by atoms with Crippen molar-refractivity contribution in [2.75, 3.05) is 18.0 Å². The average Bonchev–Trinajstić information content (AvgIpc) is 3.11. The zero-order chi connectivity index (χ0) is 34.5. The van der Waals surface area contributed by atoms with Crippen LogP contribution in [-0.4, -0.2) is 34.0 Å². The van der Waals surface area contributed by atoms with Crippen molar-refractivity contribution in [2.45, 2.75) is 99.7 Å². The molecular weight excluding hydrogens is 597 g/mol. The molecule has 3 aromatic carbocycles. The Bertz CT molecular complexity index is 1820. The van der Waals surface area contributed by atoms with Crippen molar-refractivity contribution in [3.8, 4) is 22.5 Å². The summed E-state index contributed by atoms with van der Waals surface area (Å²) in [5.41, 5.74) is 17.9.